The Bertz CT molecular complexity index is 433. The van der Waals surface area contributed by atoms with Crippen LogP contribution in [0, 0.1) is 0 Å². The smallest absolute Gasteiger partial charge is 0.304 e. The number of hydrogen-bond acceptors (Lipinski definition) is 3. The molecule has 1 aliphatic heterocycles. The van der Waals surface area contributed by atoms with E-state index in [1.165, 1.54) is 0 Å². The third-order valence-corrected chi connectivity index (χ3v) is 2.97. The number of carboxylic acid groups (broad SMARTS) is 1. The van der Waals surface area contributed by atoms with Gasteiger partial charge in [0.25, 0.3) is 0 Å². The summed E-state index contributed by atoms with van der Waals surface area (Å²) in [7, 11) is 0. The minimum absolute atomic E-state index is 0.0143. The standard InChI is InChI=1S/C13H16N2O3/c16-12-7-14-11(6-13(17)18)9-15(12)8-10-4-2-1-3-5-10/h1-5,11,14H,6-9H2,(H,17,18). The van der Waals surface area contributed by atoms with E-state index in [1.54, 1.807) is 4.90 Å². The largest absolute Gasteiger partial charge is 0.481 e. The molecule has 1 amide bonds. The SMILES string of the molecule is O=C(O)CC1CN(Cc2ccccc2)C(=O)CN1. The van der Waals surface area contributed by atoms with Crippen LogP contribution in [0.3, 0.4) is 0 Å². The summed E-state index contributed by atoms with van der Waals surface area (Å²) in [5.74, 6) is -0.831. The van der Waals surface area contributed by atoms with Crippen molar-refractivity contribution in [3.63, 3.8) is 0 Å². The van der Waals surface area contributed by atoms with Gasteiger partial charge in [0.15, 0.2) is 0 Å². The van der Waals surface area contributed by atoms with Crippen LogP contribution < -0.4 is 5.32 Å². The molecular weight excluding hydrogens is 232 g/mol. The molecule has 1 aliphatic rings. The van der Waals surface area contributed by atoms with Gasteiger partial charge in [0.2, 0.25) is 5.91 Å². The fourth-order valence-electron chi connectivity index (χ4n) is 2.08. The van der Waals surface area contributed by atoms with Gasteiger partial charge in [-0.3, -0.25) is 9.59 Å². The number of carboxylic acids is 1. The lowest BCUT2D eigenvalue weighted by molar-refractivity contribution is -0.140. The Morgan fingerprint density at radius 2 is 2.11 bits per heavy atom. The summed E-state index contributed by atoms with van der Waals surface area (Å²) < 4.78 is 0. The number of hydrogen-bond donors (Lipinski definition) is 2. The van der Waals surface area contributed by atoms with Crippen molar-refractivity contribution < 1.29 is 14.7 Å². The number of amides is 1. The second kappa shape index (κ2) is 5.64. The van der Waals surface area contributed by atoms with Crippen molar-refractivity contribution in [1.29, 1.82) is 0 Å². The molecule has 0 bridgehead atoms. The number of piperazine rings is 1. The third kappa shape index (κ3) is 3.30. The van der Waals surface area contributed by atoms with Gasteiger partial charge in [-0.05, 0) is 5.56 Å². The number of aliphatic carboxylic acids is 1. The normalized spacial score (nSPS) is 19.9. The van der Waals surface area contributed by atoms with E-state index < -0.39 is 5.97 Å². The van der Waals surface area contributed by atoms with E-state index in [9.17, 15) is 9.59 Å². The van der Waals surface area contributed by atoms with E-state index in [0.717, 1.165) is 5.56 Å². The van der Waals surface area contributed by atoms with E-state index >= 15 is 0 Å². The number of benzene rings is 1. The van der Waals surface area contributed by atoms with Crippen LogP contribution >= 0.6 is 0 Å². The maximum Gasteiger partial charge on any atom is 0.304 e. The van der Waals surface area contributed by atoms with E-state index in [4.69, 9.17) is 5.11 Å². The molecule has 2 N–H and O–H groups in total. The lowest BCUT2D eigenvalue weighted by Crippen LogP contribution is -2.54. The van der Waals surface area contributed by atoms with E-state index in [0.29, 0.717) is 13.1 Å². The van der Waals surface area contributed by atoms with Crippen LogP contribution in [0.2, 0.25) is 0 Å². The molecule has 0 saturated carbocycles. The maximum absolute atomic E-state index is 11.7. The highest BCUT2D eigenvalue weighted by Gasteiger charge is 2.26. The van der Waals surface area contributed by atoms with Crippen LogP contribution in [-0.4, -0.2) is 41.0 Å². The molecular formula is C13H16N2O3. The predicted octanol–water partition coefficient (Wildman–Crippen LogP) is 0.462. The Kier molecular flexibility index (Phi) is 3.94. The zero-order valence-electron chi connectivity index (χ0n) is 10.0. The number of nitrogens with one attached hydrogen (secondary N) is 1. The van der Waals surface area contributed by atoms with Crippen LogP contribution in [0.4, 0.5) is 0 Å². The Hall–Kier alpha value is -1.88. The molecule has 1 aromatic carbocycles. The second-order valence-corrected chi connectivity index (χ2v) is 4.44. The van der Waals surface area contributed by atoms with Crippen molar-refractivity contribution in [2.75, 3.05) is 13.1 Å². The number of carbonyl (C=O) groups is 2. The molecule has 2 rings (SSSR count). The Labute approximate surface area is 105 Å². The van der Waals surface area contributed by atoms with Crippen LogP contribution in [-0.2, 0) is 16.1 Å². The fourth-order valence-corrected chi connectivity index (χ4v) is 2.08. The number of nitrogens with zero attached hydrogens (tertiary/aromatic N) is 1. The van der Waals surface area contributed by atoms with Crippen molar-refractivity contribution in [1.82, 2.24) is 10.2 Å². The van der Waals surface area contributed by atoms with Gasteiger partial charge in [0, 0.05) is 19.1 Å². The quantitative estimate of drug-likeness (QED) is 0.812. The average Bonchev–Trinajstić information content (AvgIpc) is 2.34. The summed E-state index contributed by atoms with van der Waals surface area (Å²) >= 11 is 0. The first kappa shape index (κ1) is 12.6. The maximum atomic E-state index is 11.7. The molecule has 0 radical (unpaired) electrons. The highest BCUT2D eigenvalue weighted by Crippen LogP contribution is 2.09. The molecule has 1 aromatic rings. The molecule has 0 spiro atoms. The summed E-state index contributed by atoms with van der Waals surface area (Å²) in [6.45, 7) is 1.20. The van der Waals surface area contributed by atoms with Gasteiger partial charge in [-0.15, -0.1) is 0 Å². The molecule has 1 heterocycles. The summed E-state index contributed by atoms with van der Waals surface area (Å²) in [4.78, 5) is 24.1. The minimum Gasteiger partial charge on any atom is -0.481 e. The first-order valence-electron chi connectivity index (χ1n) is 5.92. The van der Waals surface area contributed by atoms with Gasteiger partial charge in [0.05, 0.1) is 13.0 Å². The summed E-state index contributed by atoms with van der Waals surface area (Å²) in [6, 6.07) is 9.54. The Balaban J connectivity index is 1.97. The first-order chi connectivity index (χ1) is 8.65. The molecule has 1 fully saturated rings. The van der Waals surface area contributed by atoms with Gasteiger partial charge in [-0.2, -0.15) is 0 Å². The lowest BCUT2D eigenvalue weighted by atomic mass is 10.1. The van der Waals surface area contributed by atoms with Crippen molar-refractivity contribution in [3.8, 4) is 0 Å². The van der Waals surface area contributed by atoms with E-state index in [-0.39, 0.29) is 24.9 Å². The zero-order valence-corrected chi connectivity index (χ0v) is 10.0. The van der Waals surface area contributed by atoms with Crippen LogP contribution in [0.5, 0.6) is 0 Å². The zero-order chi connectivity index (χ0) is 13.0. The first-order valence-corrected chi connectivity index (χ1v) is 5.92. The average molecular weight is 248 g/mol. The van der Waals surface area contributed by atoms with Gasteiger partial charge < -0.3 is 15.3 Å². The molecule has 1 atom stereocenters. The van der Waals surface area contributed by atoms with Crippen LogP contribution in [0.1, 0.15) is 12.0 Å². The monoisotopic (exact) mass is 248 g/mol. The second-order valence-electron chi connectivity index (χ2n) is 4.44. The minimum atomic E-state index is -0.846. The number of carbonyl (C=O) groups excluding carboxylic acids is 1. The van der Waals surface area contributed by atoms with E-state index in [1.807, 2.05) is 30.3 Å². The fraction of sp³-hybridized carbons (Fsp3) is 0.385. The third-order valence-electron chi connectivity index (χ3n) is 2.97. The van der Waals surface area contributed by atoms with Crippen LogP contribution in [0.15, 0.2) is 30.3 Å². The van der Waals surface area contributed by atoms with Gasteiger partial charge >= 0.3 is 5.97 Å². The molecule has 0 aromatic heterocycles. The molecule has 1 saturated heterocycles. The Morgan fingerprint density at radius 1 is 1.39 bits per heavy atom. The predicted molar refractivity (Wildman–Crippen MR) is 65.9 cm³/mol. The lowest BCUT2D eigenvalue weighted by Gasteiger charge is -2.33. The van der Waals surface area contributed by atoms with Gasteiger partial charge in [-0.25, -0.2) is 0 Å². The molecule has 96 valence electrons. The van der Waals surface area contributed by atoms with Crippen molar-refractivity contribution in [2.24, 2.45) is 0 Å². The molecule has 5 heteroatoms. The topological polar surface area (TPSA) is 69.6 Å². The van der Waals surface area contributed by atoms with E-state index in [2.05, 4.69) is 5.32 Å². The Morgan fingerprint density at radius 3 is 2.78 bits per heavy atom. The van der Waals surface area contributed by atoms with Crippen molar-refractivity contribution >= 4 is 11.9 Å². The van der Waals surface area contributed by atoms with Crippen molar-refractivity contribution in [2.45, 2.75) is 19.0 Å². The van der Waals surface area contributed by atoms with Crippen LogP contribution in [0.25, 0.3) is 0 Å². The summed E-state index contributed by atoms with van der Waals surface area (Å²) in [5, 5.41) is 11.7. The summed E-state index contributed by atoms with van der Waals surface area (Å²) in [5.41, 5.74) is 1.06. The molecule has 18 heavy (non-hydrogen) atoms. The molecule has 1 unspecified atom stereocenters. The van der Waals surface area contributed by atoms with Gasteiger partial charge in [0.1, 0.15) is 0 Å². The van der Waals surface area contributed by atoms with Gasteiger partial charge in [-0.1, -0.05) is 30.3 Å². The highest BCUT2D eigenvalue weighted by molar-refractivity contribution is 5.79. The highest BCUT2D eigenvalue weighted by atomic mass is 16.4. The molecule has 5 nitrogen and oxygen atoms in total. The van der Waals surface area contributed by atoms with Crippen molar-refractivity contribution in [3.05, 3.63) is 35.9 Å². The summed E-state index contributed by atoms with van der Waals surface area (Å²) in [6.07, 6.45) is 0.0402. The molecule has 0 aliphatic carbocycles. The number of rotatable bonds is 4.